The summed E-state index contributed by atoms with van der Waals surface area (Å²) < 4.78 is 0. The van der Waals surface area contributed by atoms with E-state index < -0.39 is 0 Å². The van der Waals surface area contributed by atoms with Crippen LogP contribution >= 0.6 is 0 Å². The molecule has 0 aromatic carbocycles. The lowest BCUT2D eigenvalue weighted by atomic mass is 9.71. The highest BCUT2D eigenvalue weighted by molar-refractivity contribution is 5.07. The third-order valence-corrected chi connectivity index (χ3v) is 5.17. The zero-order valence-electron chi connectivity index (χ0n) is 12.0. The molecule has 1 heterocycles. The summed E-state index contributed by atoms with van der Waals surface area (Å²) in [6, 6.07) is 0. The fraction of sp³-hybridized carbons (Fsp3) is 0.875. The van der Waals surface area contributed by atoms with Crippen molar-refractivity contribution in [3.05, 3.63) is 11.8 Å². The Kier molecular flexibility index (Phi) is 4.17. The summed E-state index contributed by atoms with van der Waals surface area (Å²) >= 11 is 0. The molecule has 1 unspecified atom stereocenters. The quantitative estimate of drug-likeness (QED) is 0.691. The molecule has 17 heavy (non-hydrogen) atoms. The van der Waals surface area contributed by atoms with Gasteiger partial charge in [0.15, 0.2) is 0 Å². The highest BCUT2D eigenvalue weighted by Gasteiger charge is 2.29. The van der Waals surface area contributed by atoms with Crippen molar-refractivity contribution in [2.24, 2.45) is 11.3 Å². The zero-order valence-corrected chi connectivity index (χ0v) is 12.0. The summed E-state index contributed by atoms with van der Waals surface area (Å²) in [6.07, 6.45) is 12.2. The molecule has 2 aliphatic rings. The van der Waals surface area contributed by atoms with Crippen LogP contribution in [0.3, 0.4) is 0 Å². The van der Waals surface area contributed by atoms with E-state index in [1.165, 1.54) is 58.0 Å². The summed E-state index contributed by atoms with van der Waals surface area (Å²) in [5.41, 5.74) is 2.19. The standard InChI is InChI=1S/C16H29N/c1-4-16(2,3)14-8-10-15(11-9-14)17-12-6-5-7-13-17/h10,14H,4-9,11-13H2,1-3H3. The first-order chi connectivity index (χ1) is 8.13. The molecule has 1 saturated heterocycles. The van der Waals surface area contributed by atoms with Crippen molar-refractivity contribution < 1.29 is 0 Å². The molecule has 0 radical (unpaired) electrons. The second kappa shape index (κ2) is 5.46. The van der Waals surface area contributed by atoms with Gasteiger partial charge >= 0.3 is 0 Å². The Morgan fingerprint density at radius 1 is 1.24 bits per heavy atom. The first-order valence-electron chi connectivity index (χ1n) is 7.57. The van der Waals surface area contributed by atoms with Crippen molar-refractivity contribution in [3.63, 3.8) is 0 Å². The van der Waals surface area contributed by atoms with E-state index >= 15 is 0 Å². The van der Waals surface area contributed by atoms with Gasteiger partial charge in [-0.1, -0.05) is 33.3 Å². The lowest BCUT2D eigenvalue weighted by Gasteiger charge is -2.39. The monoisotopic (exact) mass is 235 g/mol. The van der Waals surface area contributed by atoms with Crippen molar-refractivity contribution in [2.45, 2.75) is 65.7 Å². The Hall–Kier alpha value is -0.460. The number of likely N-dealkylation sites (tertiary alicyclic amines) is 1. The van der Waals surface area contributed by atoms with Gasteiger partial charge in [0.1, 0.15) is 0 Å². The molecule has 0 amide bonds. The average molecular weight is 235 g/mol. The van der Waals surface area contributed by atoms with Gasteiger partial charge in [-0.15, -0.1) is 0 Å². The van der Waals surface area contributed by atoms with Gasteiger partial charge in [-0.05, 0) is 49.9 Å². The highest BCUT2D eigenvalue weighted by Crippen LogP contribution is 2.40. The maximum Gasteiger partial charge on any atom is 0.0174 e. The molecule has 0 aromatic rings. The summed E-state index contributed by atoms with van der Waals surface area (Å²) in [5.74, 6) is 0.904. The molecule has 0 saturated carbocycles. The van der Waals surface area contributed by atoms with Gasteiger partial charge in [-0.3, -0.25) is 0 Å². The van der Waals surface area contributed by atoms with Gasteiger partial charge in [0.2, 0.25) is 0 Å². The predicted octanol–water partition coefficient (Wildman–Crippen LogP) is 4.59. The third kappa shape index (κ3) is 3.05. The molecule has 98 valence electrons. The van der Waals surface area contributed by atoms with Crippen LogP contribution in [0.4, 0.5) is 0 Å². The Morgan fingerprint density at radius 2 is 1.94 bits per heavy atom. The second-order valence-corrected chi connectivity index (χ2v) is 6.56. The van der Waals surface area contributed by atoms with E-state index in [2.05, 4.69) is 31.7 Å². The van der Waals surface area contributed by atoms with E-state index in [1.54, 1.807) is 5.70 Å². The minimum atomic E-state index is 0.532. The van der Waals surface area contributed by atoms with E-state index in [0.717, 1.165) is 5.92 Å². The topological polar surface area (TPSA) is 3.24 Å². The molecule has 2 rings (SSSR count). The summed E-state index contributed by atoms with van der Waals surface area (Å²) in [5, 5.41) is 0. The van der Waals surface area contributed by atoms with Crippen LogP contribution in [0, 0.1) is 11.3 Å². The van der Waals surface area contributed by atoms with E-state index in [1.807, 2.05) is 0 Å². The maximum absolute atomic E-state index is 2.65. The lowest BCUT2D eigenvalue weighted by molar-refractivity contribution is 0.173. The minimum Gasteiger partial charge on any atom is -0.375 e. The summed E-state index contributed by atoms with van der Waals surface area (Å²) in [4.78, 5) is 2.65. The maximum atomic E-state index is 2.65. The highest BCUT2D eigenvalue weighted by atomic mass is 15.1. The molecule has 1 aliphatic carbocycles. The van der Waals surface area contributed by atoms with Crippen LogP contribution in [0.25, 0.3) is 0 Å². The summed E-state index contributed by atoms with van der Waals surface area (Å²) in [7, 11) is 0. The fourth-order valence-electron chi connectivity index (χ4n) is 3.29. The van der Waals surface area contributed by atoms with Gasteiger partial charge in [0.05, 0.1) is 0 Å². The number of hydrogen-bond donors (Lipinski definition) is 0. The van der Waals surface area contributed by atoms with E-state index in [0.29, 0.717) is 5.41 Å². The van der Waals surface area contributed by atoms with Gasteiger partial charge < -0.3 is 4.90 Å². The molecule has 0 bridgehead atoms. The summed E-state index contributed by atoms with van der Waals surface area (Å²) in [6.45, 7) is 9.85. The predicted molar refractivity (Wildman–Crippen MR) is 74.9 cm³/mol. The van der Waals surface area contributed by atoms with Crippen LogP contribution < -0.4 is 0 Å². The van der Waals surface area contributed by atoms with Crippen molar-refractivity contribution >= 4 is 0 Å². The first kappa shape index (κ1) is 13.0. The zero-order chi connectivity index (χ0) is 12.3. The first-order valence-corrected chi connectivity index (χ1v) is 7.57. The number of nitrogens with zero attached hydrogens (tertiary/aromatic N) is 1. The minimum absolute atomic E-state index is 0.532. The SMILES string of the molecule is CCC(C)(C)C1CC=C(N2CCCCC2)CC1. The fourth-order valence-corrected chi connectivity index (χ4v) is 3.29. The van der Waals surface area contributed by atoms with Gasteiger partial charge in [0.25, 0.3) is 0 Å². The van der Waals surface area contributed by atoms with Crippen molar-refractivity contribution in [2.75, 3.05) is 13.1 Å². The van der Waals surface area contributed by atoms with Crippen LogP contribution in [-0.4, -0.2) is 18.0 Å². The van der Waals surface area contributed by atoms with Gasteiger partial charge in [-0.25, -0.2) is 0 Å². The molecule has 1 nitrogen and oxygen atoms in total. The van der Waals surface area contributed by atoms with Crippen LogP contribution in [0.5, 0.6) is 0 Å². The molecule has 0 aromatic heterocycles. The van der Waals surface area contributed by atoms with E-state index in [9.17, 15) is 0 Å². The van der Waals surface area contributed by atoms with E-state index in [-0.39, 0.29) is 0 Å². The van der Waals surface area contributed by atoms with E-state index in [4.69, 9.17) is 0 Å². The smallest absolute Gasteiger partial charge is 0.0174 e. The molecule has 1 heteroatoms. The molecular formula is C16H29N. The Morgan fingerprint density at radius 3 is 2.47 bits per heavy atom. The molecule has 1 fully saturated rings. The third-order valence-electron chi connectivity index (χ3n) is 5.17. The van der Waals surface area contributed by atoms with Crippen LogP contribution in [0.15, 0.2) is 11.8 Å². The van der Waals surface area contributed by atoms with Crippen molar-refractivity contribution in [1.29, 1.82) is 0 Å². The molecular weight excluding hydrogens is 206 g/mol. The van der Waals surface area contributed by atoms with Crippen LogP contribution in [0.1, 0.15) is 65.7 Å². The molecule has 0 spiro atoms. The van der Waals surface area contributed by atoms with Crippen LogP contribution in [0.2, 0.25) is 0 Å². The Labute approximate surface area is 107 Å². The van der Waals surface area contributed by atoms with Crippen LogP contribution in [-0.2, 0) is 0 Å². The second-order valence-electron chi connectivity index (χ2n) is 6.56. The molecule has 1 aliphatic heterocycles. The van der Waals surface area contributed by atoms with Crippen molar-refractivity contribution in [1.82, 2.24) is 4.90 Å². The number of piperidine rings is 1. The Balaban J connectivity index is 1.92. The molecule has 1 atom stereocenters. The van der Waals surface area contributed by atoms with Crippen molar-refractivity contribution in [3.8, 4) is 0 Å². The number of hydrogen-bond acceptors (Lipinski definition) is 1. The Bertz CT molecular complexity index is 271. The normalized spacial score (nSPS) is 26.9. The number of rotatable bonds is 3. The average Bonchev–Trinajstić information content (AvgIpc) is 2.40. The molecule has 0 N–H and O–H groups in total. The largest absolute Gasteiger partial charge is 0.375 e. The van der Waals surface area contributed by atoms with Gasteiger partial charge in [0, 0.05) is 18.8 Å². The number of allylic oxidation sites excluding steroid dienone is 2. The lowest BCUT2D eigenvalue weighted by Crippen LogP contribution is -2.32. The van der Waals surface area contributed by atoms with Gasteiger partial charge in [-0.2, -0.15) is 0 Å².